The van der Waals surface area contributed by atoms with E-state index in [1.54, 1.807) is 48.5 Å². The summed E-state index contributed by atoms with van der Waals surface area (Å²) in [5.41, 5.74) is 1.13. The molecule has 2 aromatic carbocycles. The summed E-state index contributed by atoms with van der Waals surface area (Å²) in [5, 5.41) is 3.37. The zero-order valence-electron chi connectivity index (χ0n) is 9.90. The molecule has 0 unspecified atom stereocenters. The van der Waals surface area contributed by atoms with Crippen molar-refractivity contribution in [2.75, 3.05) is 5.32 Å². The van der Waals surface area contributed by atoms with E-state index in [9.17, 15) is 14.4 Å². The molecule has 100 valence electrons. The molecule has 0 aliphatic carbocycles. The fourth-order valence-electron chi connectivity index (χ4n) is 1.70. The topological polar surface area (TPSA) is 69.6 Å². The first kappa shape index (κ1) is 14.1. The molecule has 0 saturated carbocycles. The number of para-hydroxylation sites is 1. The van der Waals surface area contributed by atoms with Gasteiger partial charge in [-0.05, 0) is 29.8 Å². The highest BCUT2D eigenvalue weighted by atomic mass is 35.5. The molecule has 1 atom stereocenters. The summed E-state index contributed by atoms with van der Waals surface area (Å²) in [4.78, 5) is 19.0. The molecule has 6 heteroatoms. The van der Waals surface area contributed by atoms with E-state index in [1.165, 1.54) is 0 Å². The van der Waals surface area contributed by atoms with Crippen molar-refractivity contribution in [2.45, 2.75) is 5.78 Å². The van der Waals surface area contributed by atoms with Crippen LogP contribution in [-0.2, 0) is 4.57 Å². The molecule has 2 rings (SSSR count). The summed E-state index contributed by atoms with van der Waals surface area (Å²) in [6.45, 7) is 0. The van der Waals surface area contributed by atoms with E-state index in [0.29, 0.717) is 16.3 Å². The van der Waals surface area contributed by atoms with Crippen LogP contribution in [0.5, 0.6) is 0 Å². The molecule has 0 fully saturated rings. The van der Waals surface area contributed by atoms with Gasteiger partial charge in [-0.2, -0.15) is 0 Å². The first-order valence-electron chi connectivity index (χ1n) is 5.59. The highest BCUT2D eigenvalue weighted by Gasteiger charge is 2.30. The first-order chi connectivity index (χ1) is 8.97. The summed E-state index contributed by atoms with van der Waals surface area (Å²) in [5.74, 6) is -1.09. The molecule has 0 heterocycles. The lowest BCUT2D eigenvalue weighted by Gasteiger charge is -2.21. The second kappa shape index (κ2) is 5.76. The molecule has 19 heavy (non-hydrogen) atoms. The zero-order valence-corrected chi connectivity index (χ0v) is 11.6. The maximum absolute atomic E-state index is 11.6. The summed E-state index contributed by atoms with van der Waals surface area (Å²) >= 11 is 5.78. The monoisotopic (exact) mass is 297 g/mol. The average molecular weight is 298 g/mol. The van der Waals surface area contributed by atoms with Crippen LogP contribution in [0.4, 0.5) is 5.69 Å². The number of benzene rings is 2. The van der Waals surface area contributed by atoms with Crippen molar-refractivity contribution in [2.24, 2.45) is 0 Å². The second-order valence-electron chi connectivity index (χ2n) is 4.05. The average Bonchev–Trinajstić information content (AvgIpc) is 2.37. The van der Waals surface area contributed by atoms with Crippen LogP contribution in [-0.4, -0.2) is 9.79 Å². The van der Waals surface area contributed by atoms with Crippen molar-refractivity contribution in [1.82, 2.24) is 0 Å². The van der Waals surface area contributed by atoms with Gasteiger partial charge in [0.1, 0.15) is 0 Å². The predicted molar refractivity (Wildman–Crippen MR) is 76.3 cm³/mol. The van der Waals surface area contributed by atoms with E-state index >= 15 is 0 Å². The lowest BCUT2D eigenvalue weighted by Crippen LogP contribution is -2.11. The van der Waals surface area contributed by atoms with E-state index in [2.05, 4.69) is 5.32 Å². The molecule has 4 nitrogen and oxygen atoms in total. The Labute approximate surface area is 116 Å². The number of hydrogen-bond acceptors (Lipinski definition) is 2. The highest BCUT2D eigenvalue weighted by Crippen LogP contribution is 2.51. The molecule has 0 aromatic heterocycles. The van der Waals surface area contributed by atoms with Crippen molar-refractivity contribution in [3.63, 3.8) is 0 Å². The number of rotatable bonds is 4. The Hall–Kier alpha value is -1.32. The van der Waals surface area contributed by atoms with Crippen LogP contribution in [0.3, 0.4) is 0 Å². The summed E-state index contributed by atoms with van der Waals surface area (Å²) in [6, 6.07) is 15.3. The van der Waals surface area contributed by atoms with Gasteiger partial charge in [-0.25, -0.2) is 0 Å². The second-order valence-corrected chi connectivity index (χ2v) is 6.18. The van der Waals surface area contributed by atoms with Crippen LogP contribution in [0, 0.1) is 0 Å². The van der Waals surface area contributed by atoms with Crippen molar-refractivity contribution < 1.29 is 14.4 Å². The van der Waals surface area contributed by atoms with Gasteiger partial charge in [0.05, 0.1) is 0 Å². The maximum Gasteiger partial charge on any atom is 0.352 e. The highest BCUT2D eigenvalue weighted by molar-refractivity contribution is 7.52. The van der Waals surface area contributed by atoms with Crippen LogP contribution < -0.4 is 5.32 Å². The SMILES string of the molecule is O=P(O)(O)[C@H](Nc1ccccc1)c1ccc(Cl)cc1. The Morgan fingerprint density at radius 2 is 1.58 bits per heavy atom. The van der Waals surface area contributed by atoms with Crippen LogP contribution in [0.25, 0.3) is 0 Å². The van der Waals surface area contributed by atoms with Gasteiger partial charge in [-0.1, -0.05) is 41.9 Å². The molecule has 2 aromatic rings. The van der Waals surface area contributed by atoms with Crippen LogP contribution in [0.15, 0.2) is 54.6 Å². The number of nitrogens with one attached hydrogen (secondary N) is 1. The van der Waals surface area contributed by atoms with Gasteiger partial charge in [-0.15, -0.1) is 0 Å². The molecular formula is C13H13ClNO3P. The fraction of sp³-hybridized carbons (Fsp3) is 0.0769. The Balaban J connectivity index is 2.32. The predicted octanol–water partition coefficient (Wildman–Crippen LogP) is 3.63. The standard InChI is InChI=1S/C13H13ClNO3P/c14-11-8-6-10(7-9-11)13(19(16,17)18)15-12-4-2-1-3-5-12/h1-9,13,15H,(H2,16,17,18)/t13-/m0/s1. The molecule has 0 aliphatic rings. The quantitative estimate of drug-likeness (QED) is 0.754. The Kier molecular flexibility index (Phi) is 4.27. The summed E-state index contributed by atoms with van der Waals surface area (Å²) in [7, 11) is -4.33. The molecule has 0 bridgehead atoms. The van der Waals surface area contributed by atoms with Crippen molar-refractivity contribution in [3.05, 3.63) is 65.2 Å². The molecule has 3 N–H and O–H groups in total. The molecule has 0 spiro atoms. The summed E-state index contributed by atoms with van der Waals surface area (Å²) < 4.78 is 11.6. The largest absolute Gasteiger partial charge is 0.368 e. The Morgan fingerprint density at radius 3 is 2.11 bits per heavy atom. The van der Waals surface area contributed by atoms with E-state index in [4.69, 9.17) is 11.6 Å². The van der Waals surface area contributed by atoms with Gasteiger partial charge >= 0.3 is 7.60 Å². The minimum absolute atomic E-state index is 0.488. The number of anilines is 1. The molecule has 0 aliphatic heterocycles. The van der Waals surface area contributed by atoms with Crippen LogP contribution in [0.1, 0.15) is 11.3 Å². The van der Waals surface area contributed by atoms with Gasteiger partial charge in [0, 0.05) is 10.7 Å². The van der Waals surface area contributed by atoms with Gasteiger partial charge in [0.2, 0.25) is 0 Å². The van der Waals surface area contributed by atoms with Crippen LogP contribution >= 0.6 is 19.2 Å². The number of hydrogen-bond donors (Lipinski definition) is 3. The Morgan fingerprint density at radius 1 is 1.00 bits per heavy atom. The maximum atomic E-state index is 11.6. The van der Waals surface area contributed by atoms with Gasteiger partial charge in [-0.3, -0.25) is 4.57 Å². The van der Waals surface area contributed by atoms with Crippen molar-refractivity contribution in [1.29, 1.82) is 0 Å². The molecule has 0 saturated heterocycles. The third kappa shape index (κ3) is 3.82. The van der Waals surface area contributed by atoms with Gasteiger partial charge < -0.3 is 15.1 Å². The van der Waals surface area contributed by atoms with E-state index in [1.807, 2.05) is 6.07 Å². The minimum Gasteiger partial charge on any atom is -0.368 e. The Bertz CT molecular complexity index is 583. The van der Waals surface area contributed by atoms with Crippen molar-refractivity contribution >= 4 is 24.9 Å². The molecule has 0 amide bonds. The third-order valence-corrected chi connectivity index (χ3v) is 3.95. The zero-order chi connectivity index (χ0) is 13.9. The minimum atomic E-state index is -4.33. The van der Waals surface area contributed by atoms with Crippen molar-refractivity contribution in [3.8, 4) is 0 Å². The van der Waals surface area contributed by atoms with E-state index in [0.717, 1.165) is 0 Å². The fourth-order valence-corrected chi connectivity index (χ4v) is 2.70. The normalized spacial score (nSPS) is 13.0. The lowest BCUT2D eigenvalue weighted by atomic mass is 10.2. The van der Waals surface area contributed by atoms with Gasteiger partial charge in [0.15, 0.2) is 5.78 Å². The van der Waals surface area contributed by atoms with Crippen LogP contribution in [0.2, 0.25) is 5.02 Å². The smallest absolute Gasteiger partial charge is 0.352 e. The van der Waals surface area contributed by atoms with Gasteiger partial charge in [0.25, 0.3) is 0 Å². The lowest BCUT2D eigenvalue weighted by molar-refractivity contribution is 0.363. The molecular weight excluding hydrogens is 285 g/mol. The third-order valence-electron chi connectivity index (χ3n) is 2.60. The summed E-state index contributed by atoms with van der Waals surface area (Å²) in [6.07, 6.45) is 0. The first-order valence-corrected chi connectivity index (χ1v) is 7.65. The number of halogens is 1. The van der Waals surface area contributed by atoms with E-state index in [-0.39, 0.29) is 0 Å². The molecule has 0 radical (unpaired) electrons. The van der Waals surface area contributed by atoms with E-state index < -0.39 is 13.4 Å².